The summed E-state index contributed by atoms with van der Waals surface area (Å²) in [5.74, 6) is 1.74. The van der Waals surface area contributed by atoms with Gasteiger partial charge in [0.1, 0.15) is 22.3 Å². The third-order valence-electron chi connectivity index (χ3n) is 11.1. The largest absolute Gasteiger partial charge is 0.456 e. The molecule has 0 unspecified atom stereocenters. The van der Waals surface area contributed by atoms with E-state index in [-0.39, 0.29) is 7.43 Å². The monoisotopic (exact) mass is 746 g/mol. The van der Waals surface area contributed by atoms with Gasteiger partial charge >= 0.3 is 0 Å². The first kappa shape index (κ1) is 33.5. The Bertz CT molecular complexity index is 3530. The van der Waals surface area contributed by atoms with Gasteiger partial charge in [0, 0.05) is 54.7 Å². The Morgan fingerprint density at radius 1 is 0.345 bits per heavy atom. The van der Waals surface area contributed by atoms with Crippen molar-refractivity contribution in [3.63, 3.8) is 0 Å². The van der Waals surface area contributed by atoms with Crippen LogP contribution in [0.4, 0.5) is 0 Å². The number of hydrogen-bond donors (Lipinski definition) is 0. The first-order valence-electron chi connectivity index (χ1n) is 19.0. The zero-order chi connectivity index (χ0) is 37.5. The van der Waals surface area contributed by atoms with Crippen LogP contribution in [0.1, 0.15) is 7.43 Å². The van der Waals surface area contributed by atoms with Crippen molar-refractivity contribution in [1.82, 2.24) is 19.5 Å². The molecule has 0 saturated carbocycles. The van der Waals surface area contributed by atoms with E-state index < -0.39 is 0 Å². The minimum atomic E-state index is 0. The Kier molecular flexibility index (Phi) is 7.59. The number of para-hydroxylation sites is 3. The maximum Gasteiger partial charge on any atom is 0.164 e. The number of nitrogens with zero attached hydrogens (tertiary/aromatic N) is 4. The Labute approximate surface area is 333 Å². The van der Waals surface area contributed by atoms with Crippen LogP contribution in [0.2, 0.25) is 0 Å². The molecule has 12 aromatic rings. The van der Waals surface area contributed by atoms with Gasteiger partial charge in [-0.3, -0.25) is 0 Å². The number of hydrogen-bond acceptors (Lipinski definition) is 5. The predicted molar refractivity (Wildman–Crippen MR) is 237 cm³/mol. The molecule has 274 valence electrons. The fourth-order valence-corrected chi connectivity index (χ4v) is 8.41. The highest BCUT2D eigenvalue weighted by Crippen LogP contribution is 2.39. The van der Waals surface area contributed by atoms with Crippen LogP contribution in [0.15, 0.2) is 191 Å². The number of rotatable bonds is 5. The summed E-state index contributed by atoms with van der Waals surface area (Å²) in [5.41, 5.74) is 11.6. The number of furan rings is 2. The lowest BCUT2D eigenvalue weighted by molar-refractivity contribution is 0.668. The van der Waals surface area contributed by atoms with E-state index in [4.69, 9.17) is 23.8 Å². The van der Waals surface area contributed by atoms with Gasteiger partial charge in [0.15, 0.2) is 17.5 Å². The summed E-state index contributed by atoms with van der Waals surface area (Å²) in [5, 5.41) is 6.54. The van der Waals surface area contributed by atoms with E-state index in [1.54, 1.807) is 0 Å². The van der Waals surface area contributed by atoms with Gasteiger partial charge in [-0.1, -0.05) is 123 Å². The Morgan fingerprint density at radius 3 is 1.79 bits per heavy atom. The quantitative estimate of drug-likeness (QED) is 0.175. The van der Waals surface area contributed by atoms with Crippen LogP contribution in [0.3, 0.4) is 0 Å². The molecule has 0 bridgehead atoms. The van der Waals surface area contributed by atoms with Gasteiger partial charge < -0.3 is 13.4 Å². The smallest absolute Gasteiger partial charge is 0.164 e. The molecule has 0 amide bonds. The third kappa shape index (κ3) is 5.23. The predicted octanol–water partition coefficient (Wildman–Crippen LogP) is 14.1. The Balaban J connectivity index is 0.00000385. The van der Waals surface area contributed by atoms with Crippen LogP contribution in [0.5, 0.6) is 0 Å². The minimum Gasteiger partial charge on any atom is -0.456 e. The van der Waals surface area contributed by atoms with Crippen LogP contribution in [-0.4, -0.2) is 19.5 Å². The van der Waals surface area contributed by atoms with Crippen molar-refractivity contribution < 1.29 is 8.83 Å². The molecule has 8 aromatic carbocycles. The van der Waals surface area contributed by atoms with Gasteiger partial charge in [0.25, 0.3) is 0 Å². The number of fused-ring (bicyclic) bond motifs is 9. The molecule has 0 aliphatic rings. The molecule has 0 atom stereocenters. The number of benzene rings is 8. The van der Waals surface area contributed by atoms with Crippen LogP contribution in [-0.2, 0) is 0 Å². The highest BCUT2D eigenvalue weighted by molar-refractivity contribution is 6.13. The van der Waals surface area contributed by atoms with Crippen molar-refractivity contribution in [1.29, 1.82) is 0 Å². The molecule has 0 saturated heterocycles. The average molecular weight is 747 g/mol. The molecule has 0 aliphatic carbocycles. The van der Waals surface area contributed by atoms with Crippen LogP contribution >= 0.6 is 0 Å². The lowest BCUT2D eigenvalue weighted by Crippen LogP contribution is -2.00. The zero-order valence-corrected chi connectivity index (χ0v) is 30.4. The Morgan fingerprint density at radius 2 is 0.948 bits per heavy atom. The third-order valence-corrected chi connectivity index (χ3v) is 11.1. The molecular formula is C52H34N4O2. The minimum absolute atomic E-state index is 0. The molecule has 58 heavy (non-hydrogen) atoms. The summed E-state index contributed by atoms with van der Waals surface area (Å²) < 4.78 is 15.1. The standard InChI is InChI=1S/C51H30N4O2.CH4/c1-3-12-31(13-4-1)49-52-50(54-51(53-49)39-18-11-21-46-48(39)38-17-8-10-20-44(38)56-46)34-22-25-37-41-29-33(24-27-45(41)57-47(37)30-34)32-23-26-43-40(28-32)36-16-7-9-19-42(36)55(43)35-14-5-2-6-15-35;/h1-30H;1H4. The highest BCUT2D eigenvalue weighted by atomic mass is 16.3. The summed E-state index contributed by atoms with van der Waals surface area (Å²) in [4.78, 5) is 15.2. The van der Waals surface area contributed by atoms with Gasteiger partial charge in [-0.05, 0) is 77.9 Å². The molecule has 0 aliphatic heterocycles. The lowest BCUT2D eigenvalue weighted by Gasteiger charge is -2.09. The molecule has 0 N–H and O–H groups in total. The summed E-state index contributed by atoms with van der Waals surface area (Å²) in [6.07, 6.45) is 0. The topological polar surface area (TPSA) is 69.9 Å². The first-order valence-corrected chi connectivity index (χ1v) is 19.0. The van der Waals surface area contributed by atoms with Crippen molar-refractivity contribution in [2.24, 2.45) is 0 Å². The lowest BCUT2D eigenvalue weighted by atomic mass is 10.0. The summed E-state index contributed by atoms with van der Waals surface area (Å²) in [6.45, 7) is 0. The van der Waals surface area contributed by atoms with Crippen molar-refractivity contribution in [3.05, 3.63) is 182 Å². The summed E-state index contributed by atoms with van der Waals surface area (Å²) in [7, 11) is 0. The van der Waals surface area contributed by atoms with Crippen LogP contribution in [0, 0.1) is 0 Å². The molecule has 12 rings (SSSR count). The molecule has 4 aromatic heterocycles. The molecule has 0 spiro atoms. The highest BCUT2D eigenvalue weighted by Gasteiger charge is 2.19. The zero-order valence-electron chi connectivity index (χ0n) is 30.4. The molecular weight excluding hydrogens is 713 g/mol. The Hall–Kier alpha value is -7.83. The van der Waals surface area contributed by atoms with Gasteiger partial charge in [0.2, 0.25) is 0 Å². The molecule has 6 heteroatoms. The van der Waals surface area contributed by atoms with E-state index in [9.17, 15) is 0 Å². The van der Waals surface area contributed by atoms with Crippen molar-refractivity contribution >= 4 is 65.7 Å². The fourth-order valence-electron chi connectivity index (χ4n) is 8.41. The van der Waals surface area contributed by atoms with E-state index >= 15 is 0 Å². The second-order valence-electron chi connectivity index (χ2n) is 14.4. The van der Waals surface area contributed by atoms with Gasteiger partial charge in [-0.2, -0.15) is 0 Å². The van der Waals surface area contributed by atoms with E-state index in [1.165, 1.54) is 21.8 Å². The summed E-state index contributed by atoms with van der Waals surface area (Å²) >= 11 is 0. The van der Waals surface area contributed by atoms with Crippen LogP contribution < -0.4 is 0 Å². The van der Waals surface area contributed by atoms with E-state index in [2.05, 4.69) is 120 Å². The SMILES string of the molecule is C.c1ccc(-c2nc(-c3ccc4c(c3)oc3ccc(-c5ccc6c(c5)c5ccccc5n6-c5ccccc5)cc34)nc(-c3cccc4oc5ccccc5c34)n2)cc1. The van der Waals surface area contributed by atoms with Gasteiger partial charge in [-0.25, -0.2) is 15.0 Å². The molecule has 0 radical (unpaired) electrons. The van der Waals surface area contributed by atoms with Gasteiger partial charge in [-0.15, -0.1) is 0 Å². The normalized spacial score (nSPS) is 11.7. The molecule has 0 fully saturated rings. The van der Waals surface area contributed by atoms with Gasteiger partial charge in [0.05, 0.1) is 11.0 Å². The van der Waals surface area contributed by atoms with Crippen molar-refractivity contribution in [2.45, 2.75) is 7.43 Å². The van der Waals surface area contributed by atoms with E-state index in [0.717, 1.165) is 77.4 Å². The maximum atomic E-state index is 6.52. The second-order valence-corrected chi connectivity index (χ2v) is 14.4. The second kappa shape index (κ2) is 13.1. The summed E-state index contributed by atoms with van der Waals surface area (Å²) in [6, 6.07) is 62.8. The fraction of sp³-hybridized carbons (Fsp3) is 0.0192. The average Bonchev–Trinajstić information content (AvgIpc) is 3.95. The van der Waals surface area contributed by atoms with Crippen LogP contribution in [0.25, 0.3) is 117 Å². The van der Waals surface area contributed by atoms with E-state index in [0.29, 0.717) is 17.5 Å². The molecule has 4 heterocycles. The maximum absolute atomic E-state index is 6.52. The number of aromatic nitrogens is 4. The van der Waals surface area contributed by atoms with Crippen molar-refractivity contribution in [3.8, 4) is 51.0 Å². The van der Waals surface area contributed by atoms with Crippen molar-refractivity contribution in [2.75, 3.05) is 0 Å². The molecule has 6 nitrogen and oxygen atoms in total. The van der Waals surface area contributed by atoms with E-state index in [1.807, 2.05) is 66.7 Å². The first-order chi connectivity index (χ1) is 28.2.